The van der Waals surface area contributed by atoms with E-state index in [-0.39, 0.29) is 22.8 Å². The maximum absolute atomic E-state index is 13.7. The highest BCUT2D eigenvalue weighted by molar-refractivity contribution is 6.08. The number of benzene rings is 1. The molecule has 1 amide bonds. The lowest BCUT2D eigenvalue weighted by Crippen LogP contribution is -2.28. The number of amides is 1. The molecule has 8 heteroatoms. The number of para-hydroxylation sites is 1. The third-order valence-corrected chi connectivity index (χ3v) is 2.86. The lowest BCUT2D eigenvalue weighted by molar-refractivity contribution is -0.385. The van der Waals surface area contributed by atoms with E-state index in [0.717, 1.165) is 17.2 Å². The third-order valence-electron chi connectivity index (χ3n) is 2.86. The molecule has 1 aromatic carbocycles. The Bertz CT molecular complexity index is 720. The van der Waals surface area contributed by atoms with E-state index in [0.29, 0.717) is 0 Å². The largest absolute Gasteiger partial charge is 0.383 e. The molecular formula is C13H11FN4O3. The molecule has 0 aliphatic heterocycles. The van der Waals surface area contributed by atoms with Crippen LogP contribution in [0.25, 0.3) is 0 Å². The zero-order valence-electron chi connectivity index (χ0n) is 11.0. The van der Waals surface area contributed by atoms with Crippen molar-refractivity contribution in [3.05, 3.63) is 58.0 Å². The number of carbonyl (C=O) groups is 1. The van der Waals surface area contributed by atoms with E-state index >= 15 is 0 Å². The van der Waals surface area contributed by atoms with Gasteiger partial charge in [-0.1, -0.05) is 12.1 Å². The van der Waals surface area contributed by atoms with E-state index in [4.69, 9.17) is 5.73 Å². The predicted molar refractivity (Wildman–Crippen MR) is 74.4 cm³/mol. The molecule has 7 nitrogen and oxygen atoms in total. The first-order valence-electron chi connectivity index (χ1n) is 5.84. The second kappa shape index (κ2) is 5.53. The molecule has 0 atom stereocenters. The number of hydrogen-bond acceptors (Lipinski definition) is 5. The number of aromatic nitrogens is 1. The molecule has 1 aromatic heterocycles. The fourth-order valence-corrected chi connectivity index (χ4v) is 1.75. The molecule has 0 fully saturated rings. The van der Waals surface area contributed by atoms with Gasteiger partial charge in [0.15, 0.2) is 0 Å². The maximum atomic E-state index is 13.7. The molecule has 21 heavy (non-hydrogen) atoms. The average molecular weight is 290 g/mol. The fraction of sp³-hybridized carbons (Fsp3) is 0.0769. The van der Waals surface area contributed by atoms with Crippen molar-refractivity contribution in [1.29, 1.82) is 0 Å². The zero-order valence-corrected chi connectivity index (χ0v) is 11.0. The number of nitrogen functional groups attached to an aromatic ring is 1. The Morgan fingerprint density at radius 1 is 1.43 bits per heavy atom. The van der Waals surface area contributed by atoms with E-state index < -0.39 is 16.6 Å². The SMILES string of the molecule is CN(C(=O)c1cc([N+](=O)[O-])cnc1N)c1ccccc1F. The molecule has 0 saturated heterocycles. The van der Waals surface area contributed by atoms with Gasteiger partial charge in [0.25, 0.3) is 11.6 Å². The standard InChI is InChI=1S/C13H11FN4O3/c1-17(11-5-3-2-4-10(11)14)13(19)9-6-8(18(20)21)7-16-12(9)15/h2-7H,1H3,(H2,15,16). The van der Waals surface area contributed by atoms with Crippen molar-refractivity contribution in [2.45, 2.75) is 0 Å². The van der Waals surface area contributed by atoms with Gasteiger partial charge in [-0.2, -0.15) is 0 Å². The minimum Gasteiger partial charge on any atom is -0.383 e. The summed E-state index contributed by atoms with van der Waals surface area (Å²) in [7, 11) is 1.35. The summed E-state index contributed by atoms with van der Waals surface area (Å²) in [6, 6.07) is 6.68. The normalized spacial score (nSPS) is 10.2. The Morgan fingerprint density at radius 2 is 2.10 bits per heavy atom. The highest BCUT2D eigenvalue weighted by atomic mass is 19.1. The summed E-state index contributed by atoms with van der Waals surface area (Å²) >= 11 is 0. The number of rotatable bonds is 3. The van der Waals surface area contributed by atoms with E-state index in [2.05, 4.69) is 4.98 Å². The van der Waals surface area contributed by atoms with E-state index in [1.54, 1.807) is 6.07 Å². The van der Waals surface area contributed by atoms with Gasteiger partial charge in [-0.3, -0.25) is 14.9 Å². The first-order valence-corrected chi connectivity index (χ1v) is 5.84. The van der Waals surface area contributed by atoms with Crippen LogP contribution < -0.4 is 10.6 Å². The summed E-state index contributed by atoms with van der Waals surface area (Å²) in [5.74, 6) is -1.44. The number of anilines is 2. The van der Waals surface area contributed by atoms with Crippen molar-refractivity contribution in [2.75, 3.05) is 17.7 Å². The lowest BCUT2D eigenvalue weighted by Gasteiger charge is -2.18. The minimum absolute atomic E-state index is 0.0356. The van der Waals surface area contributed by atoms with Crippen LogP contribution in [0.2, 0.25) is 0 Å². The first kappa shape index (κ1) is 14.4. The van der Waals surface area contributed by atoms with Crippen LogP contribution in [-0.2, 0) is 0 Å². The second-order valence-electron chi connectivity index (χ2n) is 4.20. The van der Waals surface area contributed by atoms with Crippen LogP contribution in [0.3, 0.4) is 0 Å². The third kappa shape index (κ3) is 2.78. The first-order chi connectivity index (χ1) is 9.91. The van der Waals surface area contributed by atoms with Crippen LogP contribution in [0.1, 0.15) is 10.4 Å². The van der Waals surface area contributed by atoms with Gasteiger partial charge in [-0.05, 0) is 12.1 Å². The van der Waals surface area contributed by atoms with Crippen molar-refractivity contribution in [2.24, 2.45) is 0 Å². The number of hydrogen-bond donors (Lipinski definition) is 1. The summed E-state index contributed by atoms with van der Waals surface area (Å²) in [6.45, 7) is 0. The monoisotopic (exact) mass is 290 g/mol. The Morgan fingerprint density at radius 3 is 2.71 bits per heavy atom. The molecule has 0 unspecified atom stereocenters. The molecule has 0 aliphatic rings. The van der Waals surface area contributed by atoms with E-state index in [1.807, 2.05) is 0 Å². The zero-order chi connectivity index (χ0) is 15.6. The fourth-order valence-electron chi connectivity index (χ4n) is 1.75. The molecule has 0 aliphatic carbocycles. The quantitative estimate of drug-likeness (QED) is 0.687. The van der Waals surface area contributed by atoms with Gasteiger partial charge in [-0.25, -0.2) is 9.37 Å². The maximum Gasteiger partial charge on any atom is 0.288 e. The molecule has 0 spiro atoms. The highest BCUT2D eigenvalue weighted by Crippen LogP contribution is 2.23. The van der Waals surface area contributed by atoms with Crippen LogP contribution in [-0.4, -0.2) is 22.9 Å². The number of nitrogens with two attached hydrogens (primary N) is 1. The van der Waals surface area contributed by atoms with Crippen LogP contribution in [0.15, 0.2) is 36.5 Å². The van der Waals surface area contributed by atoms with Crippen LogP contribution in [0, 0.1) is 15.9 Å². The summed E-state index contributed by atoms with van der Waals surface area (Å²) in [6.07, 6.45) is 0.954. The Kier molecular flexibility index (Phi) is 3.79. The summed E-state index contributed by atoms with van der Waals surface area (Å²) in [4.78, 5) is 27.0. The van der Waals surface area contributed by atoms with E-state index in [1.165, 1.54) is 25.2 Å². The lowest BCUT2D eigenvalue weighted by atomic mass is 10.2. The van der Waals surface area contributed by atoms with Crippen molar-refractivity contribution in [3.63, 3.8) is 0 Å². The van der Waals surface area contributed by atoms with Gasteiger partial charge < -0.3 is 10.6 Å². The molecule has 0 bridgehead atoms. The highest BCUT2D eigenvalue weighted by Gasteiger charge is 2.22. The van der Waals surface area contributed by atoms with Gasteiger partial charge in [0.2, 0.25) is 0 Å². The van der Waals surface area contributed by atoms with Crippen molar-refractivity contribution < 1.29 is 14.1 Å². The molecule has 2 aromatic rings. The molecular weight excluding hydrogens is 279 g/mol. The Hall–Kier alpha value is -3.03. The molecule has 1 heterocycles. The molecule has 2 N–H and O–H groups in total. The molecule has 2 rings (SSSR count). The molecule has 0 saturated carbocycles. The number of halogens is 1. The van der Waals surface area contributed by atoms with Gasteiger partial charge in [0.05, 0.1) is 16.2 Å². The van der Waals surface area contributed by atoms with Crippen LogP contribution >= 0.6 is 0 Å². The van der Waals surface area contributed by atoms with Gasteiger partial charge in [-0.15, -0.1) is 0 Å². The summed E-state index contributed by atoms with van der Waals surface area (Å²) < 4.78 is 13.7. The number of nitro groups is 1. The Balaban J connectivity index is 2.42. The smallest absolute Gasteiger partial charge is 0.288 e. The van der Waals surface area contributed by atoms with Crippen LogP contribution in [0.5, 0.6) is 0 Å². The average Bonchev–Trinajstić information content (AvgIpc) is 2.46. The van der Waals surface area contributed by atoms with Crippen LogP contribution in [0.4, 0.5) is 21.6 Å². The topological polar surface area (TPSA) is 102 Å². The van der Waals surface area contributed by atoms with E-state index in [9.17, 15) is 19.3 Å². The second-order valence-corrected chi connectivity index (χ2v) is 4.20. The molecule has 108 valence electrons. The summed E-state index contributed by atoms with van der Waals surface area (Å²) in [5.41, 5.74) is 5.08. The Labute approximate surface area is 119 Å². The number of nitrogens with zero attached hydrogens (tertiary/aromatic N) is 3. The number of carbonyl (C=O) groups excluding carboxylic acids is 1. The van der Waals surface area contributed by atoms with Gasteiger partial charge >= 0.3 is 0 Å². The number of pyridine rings is 1. The summed E-state index contributed by atoms with van der Waals surface area (Å²) in [5, 5.41) is 10.7. The van der Waals surface area contributed by atoms with Gasteiger partial charge in [0, 0.05) is 13.1 Å². The predicted octanol–water partition coefficient (Wildman–Crippen LogP) is 1.99. The van der Waals surface area contributed by atoms with Crippen molar-refractivity contribution in [3.8, 4) is 0 Å². The van der Waals surface area contributed by atoms with Crippen molar-refractivity contribution in [1.82, 2.24) is 4.98 Å². The molecule has 0 radical (unpaired) electrons. The van der Waals surface area contributed by atoms with Crippen molar-refractivity contribution >= 4 is 23.1 Å². The van der Waals surface area contributed by atoms with Gasteiger partial charge in [0.1, 0.15) is 17.8 Å². The minimum atomic E-state index is -0.688.